The maximum absolute atomic E-state index is 8.04. The van der Waals surface area contributed by atoms with Crippen LogP contribution in [0.25, 0.3) is 39.1 Å². The molecule has 0 atom stereocenters. The molecule has 1 saturated heterocycles. The van der Waals surface area contributed by atoms with Crippen molar-refractivity contribution in [2.24, 2.45) is 34.5 Å². The Morgan fingerprint density at radius 3 is 1.84 bits per heavy atom. The molecule has 6 nitrogen and oxygen atoms in total. The Hall–Kier alpha value is -5.72. The van der Waals surface area contributed by atoms with Crippen LogP contribution in [0.2, 0.25) is 0 Å². The van der Waals surface area contributed by atoms with Gasteiger partial charge in [0.25, 0.3) is 0 Å². The molecule has 0 aromatic heterocycles. The molecule has 6 aliphatic carbocycles. The van der Waals surface area contributed by atoms with Gasteiger partial charge in [0.15, 0.2) is 5.60 Å². The molecule has 354 valence electrons. The van der Waals surface area contributed by atoms with E-state index in [2.05, 4.69) is 154 Å². The monoisotopic (exact) mass is 918 g/mol. The van der Waals surface area contributed by atoms with E-state index in [1.807, 2.05) is 0 Å². The zero-order valence-corrected chi connectivity index (χ0v) is 41.4. The van der Waals surface area contributed by atoms with Gasteiger partial charge in [0.2, 0.25) is 0 Å². The molecule has 6 aromatic carbocycles. The number of anilines is 1. The first kappa shape index (κ1) is 43.3. The Morgan fingerprint density at radius 2 is 1.23 bits per heavy atom. The van der Waals surface area contributed by atoms with E-state index in [1.54, 1.807) is 14.2 Å². The molecular weight excluding hydrogens is 851 g/mol. The molecule has 8 aliphatic rings. The molecule has 6 aromatic rings. The number of morpholine rings is 1. The van der Waals surface area contributed by atoms with Gasteiger partial charge in [0.1, 0.15) is 29.1 Å². The van der Waals surface area contributed by atoms with Crippen molar-refractivity contribution in [1.29, 1.82) is 0 Å². The van der Waals surface area contributed by atoms with E-state index in [0.717, 1.165) is 102 Å². The number of benzene rings is 6. The fourth-order valence-corrected chi connectivity index (χ4v) is 16.0. The molecule has 2 heterocycles. The Bertz CT molecular complexity index is 2900. The van der Waals surface area contributed by atoms with Crippen LogP contribution in [-0.2, 0) is 15.8 Å². The van der Waals surface area contributed by atoms with Crippen molar-refractivity contribution in [3.63, 3.8) is 0 Å². The lowest BCUT2D eigenvalue weighted by molar-refractivity contribution is -0.0787. The predicted molar refractivity (Wildman–Crippen MR) is 278 cm³/mol. The summed E-state index contributed by atoms with van der Waals surface area (Å²) in [6.45, 7) is 13.3. The minimum absolute atomic E-state index is 0.110. The van der Waals surface area contributed by atoms with Crippen molar-refractivity contribution in [1.82, 2.24) is 0 Å². The second kappa shape index (κ2) is 15.9. The molecule has 0 amide bonds. The molecule has 4 bridgehead atoms. The molecular formula is C63H67NO5. The second-order valence-electron chi connectivity index (χ2n) is 23.7. The van der Waals surface area contributed by atoms with Crippen molar-refractivity contribution in [2.45, 2.75) is 96.2 Å². The van der Waals surface area contributed by atoms with Crippen LogP contribution in [0.5, 0.6) is 23.0 Å². The molecule has 1 spiro atoms. The molecule has 5 saturated carbocycles. The smallest absolute Gasteiger partial charge is 0.178 e. The van der Waals surface area contributed by atoms with Gasteiger partial charge in [-0.2, -0.15) is 0 Å². The summed E-state index contributed by atoms with van der Waals surface area (Å²) in [4.78, 5) is 2.44. The molecule has 2 aliphatic heterocycles. The summed E-state index contributed by atoms with van der Waals surface area (Å²) in [6.07, 6.45) is 14.9. The summed E-state index contributed by atoms with van der Waals surface area (Å²) in [7, 11) is 3.45. The van der Waals surface area contributed by atoms with Crippen molar-refractivity contribution >= 4 is 22.5 Å². The van der Waals surface area contributed by atoms with Gasteiger partial charge in [0.05, 0.1) is 27.4 Å². The normalized spacial score (nSPS) is 26.0. The van der Waals surface area contributed by atoms with Crippen molar-refractivity contribution < 1.29 is 23.7 Å². The number of rotatable bonds is 8. The van der Waals surface area contributed by atoms with Gasteiger partial charge < -0.3 is 28.6 Å². The maximum Gasteiger partial charge on any atom is 0.178 e. The van der Waals surface area contributed by atoms with Crippen LogP contribution in [-0.4, -0.2) is 46.6 Å². The molecule has 0 unspecified atom stereocenters. The minimum atomic E-state index is -0.952. The topological polar surface area (TPSA) is 49.4 Å². The lowest BCUT2D eigenvalue weighted by Crippen LogP contribution is -2.50. The van der Waals surface area contributed by atoms with E-state index >= 15 is 0 Å². The van der Waals surface area contributed by atoms with Crippen molar-refractivity contribution in [3.05, 3.63) is 143 Å². The zero-order valence-electron chi connectivity index (χ0n) is 41.4. The molecule has 6 heteroatoms. The van der Waals surface area contributed by atoms with Gasteiger partial charge in [-0.1, -0.05) is 94.4 Å². The Balaban J connectivity index is 1.09. The Kier molecular flexibility index (Phi) is 9.98. The second-order valence-corrected chi connectivity index (χ2v) is 23.7. The van der Waals surface area contributed by atoms with Crippen LogP contribution >= 0.6 is 0 Å². The van der Waals surface area contributed by atoms with E-state index in [-0.39, 0.29) is 22.3 Å². The number of nitrogens with zero attached hydrogens (tertiary/aromatic N) is 1. The highest BCUT2D eigenvalue weighted by Gasteiger charge is 2.56. The first-order valence-corrected chi connectivity index (χ1v) is 26.0. The van der Waals surface area contributed by atoms with Crippen LogP contribution in [0.3, 0.4) is 0 Å². The highest BCUT2D eigenvalue weighted by molar-refractivity contribution is 6.10. The highest BCUT2D eigenvalue weighted by Crippen LogP contribution is 2.67. The predicted octanol–water partition coefficient (Wildman–Crippen LogP) is 14.4. The van der Waals surface area contributed by atoms with E-state index in [4.69, 9.17) is 23.7 Å². The average Bonchev–Trinajstić information content (AvgIpc) is 3.62. The summed E-state index contributed by atoms with van der Waals surface area (Å²) in [5, 5.41) is 2.33. The number of hydrogen-bond acceptors (Lipinski definition) is 6. The first-order chi connectivity index (χ1) is 33.4. The summed E-state index contributed by atoms with van der Waals surface area (Å²) < 4.78 is 33.0. The molecule has 6 fully saturated rings. The lowest BCUT2D eigenvalue weighted by Gasteiger charge is -2.53. The summed E-state index contributed by atoms with van der Waals surface area (Å²) in [5.74, 6) is 6.51. The van der Waals surface area contributed by atoms with Crippen LogP contribution in [0.4, 0.5) is 5.69 Å². The standard InChI is InChI=1S/C63H67NO5/c1-60(2)36-61(3,4)38-62(37-60)54-10-8-7-9-49(54)56-52-35-55(68-58-42-30-39-29-40(32-42)33-43(58)31-39)51(41-11-17-46(18-12-41)64-25-27-67-28-26-64)34-53(52)59-50(57(56)62)23-24-63(69-59,44-13-19-47(65-5)20-14-44)45-15-21-48(66-6)22-16-45/h7-24,34-35,39-40,42-43,58H,25-33,36-38H2,1-6H3. The number of hydrogen-bond donors (Lipinski definition) is 0. The molecule has 14 rings (SSSR count). The fourth-order valence-electron chi connectivity index (χ4n) is 16.0. The molecule has 0 radical (unpaired) electrons. The van der Waals surface area contributed by atoms with E-state index in [9.17, 15) is 0 Å². The van der Waals surface area contributed by atoms with Gasteiger partial charge in [-0.15, -0.1) is 0 Å². The first-order valence-electron chi connectivity index (χ1n) is 26.0. The van der Waals surface area contributed by atoms with E-state index < -0.39 is 5.60 Å². The highest BCUT2D eigenvalue weighted by atomic mass is 16.5. The van der Waals surface area contributed by atoms with E-state index in [0.29, 0.717) is 11.8 Å². The summed E-state index contributed by atoms with van der Waals surface area (Å²) in [5.41, 5.74) is 11.4. The fraction of sp³-hybridized carbons (Fsp3) is 0.429. The van der Waals surface area contributed by atoms with Crippen LogP contribution in [0.1, 0.15) is 107 Å². The van der Waals surface area contributed by atoms with Crippen LogP contribution in [0, 0.1) is 34.5 Å². The van der Waals surface area contributed by atoms with Gasteiger partial charge in [0, 0.05) is 51.8 Å². The van der Waals surface area contributed by atoms with Crippen LogP contribution in [0.15, 0.2) is 115 Å². The minimum Gasteiger partial charge on any atom is -0.497 e. The van der Waals surface area contributed by atoms with Crippen LogP contribution < -0.4 is 23.8 Å². The van der Waals surface area contributed by atoms with Gasteiger partial charge >= 0.3 is 0 Å². The summed E-state index contributed by atoms with van der Waals surface area (Å²) >= 11 is 0. The summed E-state index contributed by atoms with van der Waals surface area (Å²) in [6, 6.07) is 40.5. The third-order valence-electron chi connectivity index (χ3n) is 17.8. The number of methoxy groups -OCH3 is 2. The third-order valence-corrected chi connectivity index (χ3v) is 17.8. The largest absolute Gasteiger partial charge is 0.497 e. The SMILES string of the molecule is COc1ccc(C2(c3ccc(OC)cc3)C=Cc3c4c(c5cc(OC6C7CC8CC(C7)CC6C8)c(-c6ccc(N7CCOCC7)cc6)cc5c3O2)-c2ccccc2C42CC(C)(C)CC(C)(C)C2)cc1. The van der Waals surface area contributed by atoms with E-state index in [1.165, 1.54) is 77.4 Å². The molecule has 69 heavy (non-hydrogen) atoms. The molecule has 0 N–H and O–H groups in total. The van der Waals surface area contributed by atoms with Gasteiger partial charge in [-0.3, -0.25) is 0 Å². The average molecular weight is 918 g/mol. The maximum atomic E-state index is 8.04. The van der Waals surface area contributed by atoms with Crippen molar-refractivity contribution in [3.8, 4) is 45.3 Å². The Morgan fingerprint density at radius 1 is 0.623 bits per heavy atom. The number of fused-ring (bicyclic) bond motifs is 10. The van der Waals surface area contributed by atoms with Crippen molar-refractivity contribution in [2.75, 3.05) is 45.4 Å². The number of ether oxygens (including phenoxy) is 5. The van der Waals surface area contributed by atoms with Gasteiger partial charge in [-0.25, -0.2) is 0 Å². The Labute approximate surface area is 409 Å². The van der Waals surface area contributed by atoms with Gasteiger partial charge in [-0.05, 0) is 174 Å². The quantitative estimate of drug-likeness (QED) is 0.152. The zero-order chi connectivity index (χ0) is 46.9. The lowest BCUT2D eigenvalue weighted by atomic mass is 9.52. The third kappa shape index (κ3) is 6.96.